The zero-order valence-electron chi connectivity index (χ0n) is 29.8. The number of primary amides is 1. The highest BCUT2D eigenvalue weighted by Gasteiger charge is 2.42. The van der Waals surface area contributed by atoms with E-state index in [0.717, 1.165) is 10.5 Å². The lowest BCUT2D eigenvalue weighted by atomic mass is 9.86. The van der Waals surface area contributed by atoms with Crippen LogP contribution in [0.4, 0.5) is 15.3 Å². The zero-order chi connectivity index (χ0) is 36.3. The van der Waals surface area contributed by atoms with Crippen LogP contribution in [0.15, 0.2) is 54.6 Å². The summed E-state index contributed by atoms with van der Waals surface area (Å²) in [5, 5.41) is 14.5. The van der Waals surface area contributed by atoms with E-state index in [0.29, 0.717) is 11.4 Å². The van der Waals surface area contributed by atoms with E-state index in [4.69, 9.17) is 19.9 Å². The average molecular weight is 684 g/mol. The van der Waals surface area contributed by atoms with Crippen LogP contribution >= 0.6 is 0 Å². The van der Waals surface area contributed by atoms with Gasteiger partial charge in [0.25, 0.3) is 0 Å². The molecule has 49 heavy (non-hydrogen) atoms. The van der Waals surface area contributed by atoms with E-state index >= 15 is 0 Å². The van der Waals surface area contributed by atoms with Crippen molar-refractivity contribution < 1.29 is 38.5 Å². The number of ether oxygens (including phenoxy) is 3. The number of aliphatic hydroxyl groups excluding tert-OH is 1. The lowest BCUT2D eigenvalue weighted by Crippen LogP contribution is -2.65. The average Bonchev–Trinajstić information content (AvgIpc) is 3.05. The fraction of sp³-hybridized carbons (Fsp3) is 0.556. The molecule has 0 saturated carbocycles. The summed E-state index contributed by atoms with van der Waals surface area (Å²) in [5.41, 5.74) is 6.36. The number of carbonyl (C=O) groups excluding carboxylic acids is 4. The molecule has 1 aliphatic heterocycles. The molecule has 1 heterocycles. The number of benzene rings is 2. The first-order valence-electron chi connectivity index (χ1n) is 16.7. The Bertz CT molecular complexity index is 1400. The standard InChI is InChI=1S/C36H53N5O8/c1-24(2)18-40(34(37)45)33(44)27(25(3)4)17-30(42)28(38-35(46)48-21-26-13-9-8-10-14-26)19-39-20-32(43)41(22-36(39,5)6)29-15-11-12-16-31(29)49-23-47-7/h8-16,24-25,27-28,30,42H,17-23H2,1-7H3,(H2,37,45)(H,38,46)/t27-,28-,30-/m0/s1. The first kappa shape index (κ1) is 39.2. The van der Waals surface area contributed by atoms with Gasteiger partial charge in [-0.05, 0) is 49.8 Å². The van der Waals surface area contributed by atoms with Gasteiger partial charge < -0.3 is 35.3 Å². The van der Waals surface area contributed by atoms with Crippen molar-refractivity contribution in [3.63, 3.8) is 0 Å². The predicted octanol–water partition coefficient (Wildman–Crippen LogP) is 3.98. The summed E-state index contributed by atoms with van der Waals surface area (Å²) in [4.78, 5) is 57.3. The first-order valence-corrected chi connectivity index (χ1v) is 16.7. The van der Waals surface area contributed by atoms with Gasteiger partial charge in [-0.25, -0.2) is 9.59 Å². The van der Waals surface area contributed by atoms with E-state index in [-0.39, 0.29) is 63.7 Å². The van der Waals surface area contributed by atoms with Crippen LogP contribution in [0.25, 0.3) is 0 Å². The number of para-hydroxylation sites is 2. The minimum atomic E-state index is -1.25. The van der Waals surface area contributed by atoms with Crippen LogP contribution in [0.5, 0.6) is 5.75 Å². The van der Waals surface area contributed by atoms with Gasteiger partial charge in [0.2, 0.25) is 11.8 Å². The number of imide groups is 1. The topological polar surface area (TPSA) is 164 Å². The molecule has 1 aliphatic rings. The molecule has 4 N–H and O–H groups in total. The molecule has 0 bridgehead atoms. The highest BCUT2D eigenvalue weighted by Crippen LogP contribution is 2.33. The van der Waals surface area contributed by atoms with Crippen LogP contribution < -0.4 is 20.7 Å². The molecule has 2 aromatic carbocycles. The third-order valence-electron chi connectivity index (χ3n) is 8.61. The van der Waals surface area contributed by atoms with Crippen molar-refractivity contribution in [2.45, 2.75) is 72.3 Å². The van der Waals surface area contributed by atoms with Gasteiger partial charge in [-0.2, -0.15) is 0 Å². The Morgan fingerprint density at radius 2 is 1.69 bits per heavy atom. The number of amides is 5. The largest absolute Gasteiger partial charge is 0.465 e. The second-order valence-electron chi connectivity index (χ2n) is 13.8. The molecule has 2 aromatic rings. The Morgan fingerprint density at radius 1 is 1.04 bits per heavy atom. The number of anilines is 1. The van der Waals surface area contributed by atoms with Crippen molar-refractivity contribution in [3.05, 3.63) is 60.2 Å². The van der Waals surface area contributed by atoms with E-state index in [1.807, 2.05) is 95.0 Å². The number of piperazine rings is 1. The van der Waals surface area contributed by atoms with Gasteiger partial charge in [0.15, 0.2) is 6.79 Å². The maximum atomic E-state index is 13.7. The molecule has 0 aliphatic carbocycles. The number of hydrogen-bond donors (Lipinski definition) is 3. The minimum Gasteiger partial charge on any atom is -0.465 e. The number of urea groups is 1. The summed E-state index contributed by atoms with van der Waals surface area (Å²) in [7, 11) is 1.52. The van der Waals surface area contributed by atoms with Crippen LogP contribution in [-0.2, 0) is 25.7 Å². The molecule has 0 aromatic heterocycles. The number of alkyl carbamates (subject to hydrolysis) is 1. The molecule has 0 radical (unpaired) electrons. The molecule has 3 rings (SSSR count). The third-order valence-corrected chi connectivity index (χ3v) is 8.61. The Morgan fingerprint density at radius 3 is 2.31 bits per heavy atom. The molecule has 0 unspecified atom stereocenters. The van der Waals surface area contributed by atoms with Gasteiger partial charge in [-0.3, -0.25) is 19.4 Å². The lowest BCUT2D eigenvalue weighted by molar-refractivity contribution is -0.135. The summed E-state index contributed by atoms with van der Waals surface area (Å²) in [5.74, 6) is -1.23. The first-order chi connectivity index (χ1) is 23.1. The molecule has 1 fully saturated rings. The number of methoxy groups -OCH3 is 1. The quantitative estimate of drug-likeness (QED) is 0.222. The third kappa shape index (κ3) is 11.2. The van der Waals surface area contributed by atoms with E-state index in [1.54, 1.807) is 11.0 Å². The lowest BCUT2D eigenvalue weighted by Gasteiger charge is -2.48. The predicted molar refractivity (Wildman–Crippen MR) is 186 cm³/mol. The number of nitrogens with zero attached hydrogens (tertiary/aromatic N) is 3. The monoisotopic (exact) mass is 683 g/mol. The van der Waals surface area contributed by atoms with Crippen molar-refractivity contribution in [2.75, 3.05) is 45.0 Å². The molecule has 1 saturated heterocycles. The molecule has 270 valence electrons. The number of nitrogens with one attached hydrogen (secondary N) is 1. The summed E-state index contributed by atoms with van der Waals surface area (Å²) in [6.07, 6.45) is -2.08. The second kappa shape index (κ2) is 18.0. The molecule has 13 nitrogen and oxygen atoms in total. The highest BCUT2D eigenvalue weighted by atomic mass is 16.7. The Kier molecular flexibility index (Phi) is 14.4. The van der Waals surface area contributed by atoms with Crippen LogP contribution in [-0.4, -0.2) is 96.6 Å². The van der Waals surface area contributed by atoms with Crippen LogP contribution in [0.2, 0.25) is 0 Å². The van der Waals surface area contributed by atoms with E-state index in [1.165, 1.54) is 7.11 Å². The molecule has 0 spiro atoms. The van der Waals surface area contributed by atoms with E-state index in [9.17, 15) is 24.3 Å². The van der Waals surface area contributed by atoms with Gasteiger partial charge in [0.05, 0.1) is 24.4 Å². The second-order valence-corrected chi connectivity index (χ2v) is 13.8. The van der Waals surface area contributed by atoms with Gasteiger partial charge in [-0.1, -0.05) is 70.2 Å². The van der Waals surface area contributed by atoms with Crippen molar-refractivity contribution >= 4 is 29.6 Å². The van der Waals surface area contributed by atoms with Crippen molar-refractivity contribution in [3.8, 4) is 5.75 Å². The number of carbonyl (C=O) groups is 4. The van der Waals surface area contributed by atoms with Crippen LogP contribution in [0.3, 0.4) is 0 Å². The van der Waals surface area contributed by atoms with Crippen molar-refractivity contribution in [1.82, 2.24) is 15.1 Å². The van der Waals surface area contributed by atoms with Crippen molar-refractivity contribution in [2.24, 2.45) is 23.5 Å². The van der Waals surface area contributed by atoms with Gasteiger partial charge >= 0.3 is 12.1 Å². The summed E-state index contributed by atoms with van der Waals surface area (Å²) in [6, 6.07) is 14.6. The van der Waals surface area contributed by atoms with Gasteiger partial charge in [0, 0.05) is 38.2 Å². The number of rotatable bonds is 16. The summed E-state index contributed by atoms with van der Waals surface area (Å²) >= 11 is 0. The van der Waals surface area contributed by atoms with Gasteiger partial charge in [0.1, 0.15) is 12.4 Å². The molecular weight excluding hydrogens is 630 g/mol. The molecular formula is C36H53N5O8. The molecule has 5 amide bonds. The fourth-order valence-corrected chi connectivity index (χ4v) is 5.85. The van der Waals surface area contributed by atoms with Crippen LogP contribution in [0, 0.1) is 17.8 Å². The smallest absolute Gasteiger partial charge is 0.407 e. The number of nitrogens with two attached hydrogens (primary N) is 1. The maximum Gasteiger partial charge on any atom is 0.407 e. The molecule has 3 atom stereocenters. The maximum absolute atomic E-state index is 13.7. The minimum absolute atomic E-state index is 0.0125. The Hall–Kier alpha value is -4.20. The van der Waals surface area contributed by atoms with E-state index < -0.39 is 41.6 Å². The Balaban J connectivity index is 1.86. The number of hydrogen-bond acceptors (Lipinski definition) is 9. The van der Waals surface area contributed by atoms with E-state index in [2.05, 4.69) is 5.32 Å². The SMILES string of the molecule is COCOc1ccccc1N1CC(C)(C)N(C[C@H](NC(=O)OCc2ccccc2)[C@@H](O)C[C@H](C(=O)N(CC(C)C)C(N)=O)C(C)C)CC1=O. The Labute approximate surface area is 289 Å². The zero-order valence-corrected chi connectivity index (χ0v) is 29.8. The summed E-state index contributed by atoms with van der Waals surface area (Å²) < 4.78 is 16.3. The molecule has 13 heteroatoms. The number of aliphatic hydroxyl groups is 1. The highest BCUT2D eigenvalue weighted by molar-refractivity contribution is 5.97. The normalized spacial score (nSPS) is 16.6. The van der Waals surface area contributed by atoms with Gasteiger partial charge in [-0.15, -0.1) is 0 Å². The van der Waals surface area contributed by atoms with Crippen LogP contribution in [0.1, 0.15) is 53.5 Å². The summed E-state index contributed by atoms with van der Waals surface area (Å²) in [6.45, 7) is 11.9. The van der Waals surface area contributed by atoms with Crippen molar-refractivity contribution in [1.29, 1.82) is 0 Å². The fourth-order valence-electron chi connectivity index (χ4n) is 5.85.